The van der Waals surface area contributed by atoms with Crippen LogP contribution in [0.2, 0.25) is 0 Å². The van der Waals surface area contributed by atoms with Crippen LogP contribution in [0.5, 0.6) is 0 Å². The van der Waals surface area contributed by atoms with Gasteiger partial charge in [-0.05, 0) is 63.0 Å². The molecule has 1 aromatic carbocycles. The minimum absolute atomic E-state index is 0.267. The Bertz CT molecular complexity index is 407. The Labute approximate surface area is 102 Å². The summed E-state index contributed by atoms with van der Waals surface area (Å²) in [6.45, 7) is 3.78. The van der Waals surface area contributed by atoms with E-state index in [1.165, 1.54) is 12.1 Å². The van der Waals surface area contributed by atoms with Crippen molar-refractivity contribution in [2.24, 2.45) is 0 Å². The van der Waals surface area contributed by atoms with E-state index in [-0.39, 0.29) is 5.82 Å². The van der Waals surface area contributed by atoms with Crippen LogP contribution in [0.3, 0.4) is 0 Å². The molecule has 1 N–H and O–H groups in total. The van der Waals surface area contributed by atoms with Gasteiger partial charge in [-0.3, -0.25) is 0 Å². The van der Waals surface area contributed by atoms with Crippen LogP contribution >= 0.6 is 0 Å². The highest BCUT2D eigenvalue weighted by atomic mass is 19.1. The summed E-state index contributed by atoms with van der Waals surface area (Å²) in [7, 11) is 2.06. The molecule has 0 amide bonds. The fourth-order valence-corrected chi connectivity index (χ4v) is 2.62. The molecule has 17 heavy (non-hydrogen) atoms. The summed E-state index contributed by atoms with van der Waals surface area (Å²) in [5, 5.41) is 10.8. The van der Waals surface area contributed by atoms with Gasteiger partial charge in [0, 0.05) is 6.54 Å². The summed E-state index contributed by atoms with van der Waals surface area (Å²) in [5.74, 6) is -0.267. The third-order valence-corrected chi connectivity index (χ3v) is 3.74. The first kappa shape index (κ1) is 12.5. The molecule has 1 aliphatic rings. The zero-order valence-electron chi connectivity index (χ0n) is 10.5. The molecule has 1 fully saturated rings. The predicted octanol–water partition coefficient (Wildman–Crippen LogP) is 2.44. The van der Waals surface area contributed by atoms with Gasteiger partial charge in [-0.2, -0.15) is 0 Å². The van der Waals surface area contributed by atoms with E-state index < -0.39 is 5.60 Å². The van der Waals surface area contributed by atoms with Crippen LogP contribution in [0, 0.1) is 12.7 Å². The van der Waals surface area contributed by atoms with Crippen molar-refractivity contribution >= 4 is 0 Å². The van der Waals surface area contributed by atoms with Crippen LogP contribution in [0.4, 0.5) is 4.39 Å². The fraction of sp³-hybridized carbons (Fsp3) is 0.571. The second kappa shape index (κ2) is 4.75. The van der Waals surface area contributed by atoms with E-state index in [9.17, 15) is 9.50 Å². The molecule has 0 radical (unpaired) electrons. The van der Waals surface area contributed by atoms with Crippen LogP contribution in [0.25, 0.3) is 0 Å². The molecule has 2 nitrogen and oxygen atoms in total. The average molecular weight is 237 g/mol. The van der Waals surface area contributed by atoms with Crippen molar-refractivity contribution in [1.82, 2.24) is 4.90 Å². The molecule has 94 valence electrons. The molecule has 0 aromatic heterocycles. The molecule has 1 unspecified atom stereocenters. The van der Waals surface area contributed by atoms with Crippen molar-refractivity contribution in [2.75, 3.05) is 20.1 Å². The topological polar surface area (TPSA) is 23.5 Å². The second-order valence-electron chi connectivity index (χ2n) is 5.15. The smallest absolute Gasteiger partial charge is 0.123 e. The lowest BCUT2D eigenvalue weighted by Crippen LogP contribution is -2.28. The average Bonchev–Trinajstić information content (AvgIpc) is 2.46. The van der Waals surface area contributed by atoms with E-state index in [0.29, 0.717) is 12.8 Å². The van der Waals surface area contributed by atoms with Gasteiger partial charge in [-0.15, -0.1) is 0 Å². The highest BCUT2D eigenvalue weighted by Crippen LogP contribution is 2.34. The van der Waals surface area contributed by atoms with Crippen molar-refractivity contribution in [3.05, 3.63) is 35.1 Å². The number of benzene rings is 1. The second-order valence-corrected chi connectivity index (χ2v) is 5.15. The molecule has 0 bridgehead atoms. The Hall–Kier alpha value is -0.930. The minimum Gasteiger partial charge on any atom is -0.385 e. The maximum absolute atomic E-state index is 13.3. The molecule has 0 aliphatic carbocycles. The summed E-state index contributed by atoms with van der Waals surface area (Å²) >= 11 is 0. The third kappa shape index (κ3) is 2.67. The largest absolute Gasteiger partial charge is 0.385 e. The van der Waals surface area contributed by atoms with Crippen molar-refractivity contribution in [2.45, 2.75) is 31.8 Å². The fourth-order valence-electron chi connectivity index (χ4n) is 2.62. The van der Waals surface area contributed by atoms with E-state index >= 15 is 0 Å². The molecule has 1 saturated heterocycles. The quantitative estimate of drug-likeness (QED) is 0.811. The van der Waals surface area contributed by atoms with Crippen molar-refractivity contribution in [3.63, 3.8) is 0 Å². The number of halogens is 1. The van der Waals surface area contributed by atoms with Crippen LogP contribution in [-0.2, 0) is 5.60 Å². The molecule has 1 aliphatic heterocycles. The summed E-state index contributed by atoms with van der Waals surface area (Å²) in [6, 6.07) is 4.68. The monoisotopic (exact) mass is 237 g/mol. The Morgan fingerprint density at radius 1 is 1.29 bits per heavy atom. The van der Waals surface area contributed by atoms with E-state index in [0.717, 1.165) is 30.6 Å². The third-order valence-electron chi connectivity index (χ3n) is 3.74. The molecule has 2 rings (SSSR count). The van der Waals surface area contributed by atoms with Gasteiger partial charge in [0.05, 0.1) is 5.60 Å². The molecule has 1 aromatic rings. The van der Waals surface area contributed by atoms with E-state index in [1.807, 2.05) is 6.92 Å². The normalized spacial score (nSPS) is 26.8. The molecule has 1 atom stereocenters. The first-order chi connectivity index (χ1) is 8.01. The number of aryl methyl sites for hydroxylation is 1. The summed E-state index contributed by atoms with van der Waals surface area (Å²) in [6.07, 6.45) is 2.33. The van der Waals surface area contributed by atoms with Crippen molar-refractivity contribution in [1.29, 1.82) is 0 Å². The first-order valence-corrected chi connectivity index (χ1v) is 6.19. The molecule has 0 spiro atoms. The maximum atomic E-state index is 13.3. The number of nitrogens with zero attached hydrogens (tertiary/aromatic N) is 1. The summed E-state index contributed by atoms with van der Waals surface area (Å²) in [4.78, 5) is 2.21. The highest BCUT2D eigenvalue weighted by Gasteiger charge is 2.32. The summed E-state index contributed by atoms with van der Waals surface area (Å²) in [5.41, 5.74) is 0.864. The Balaban J connectivity index is 2.33. The SMILES string of the molecule is Cc1ccc(F)cc1C1(O)CCCN(C)CC1. The van der Waals surface area contributed by atoms with Gasteiger partial charge in [0.1, 0.15) is 5.82 Å². The van der Waals surface area contributed by atoms with E-state index in [2.05, 4.69) is 11.9 Å². The van der Waals surface area contributed by atoms with Gasteiger partial charge < -0.3 is 10.0 Å². The number of rotatable bonds is 1. The lowest BCUT2D eigenvalue weighted by atomic mass is 9.84. The number of hydrogen-bond donors (Lipinski definition) is 1. The molecular weight excluding hydrogens is 217 g/mol. The number of likely N-dealkylation sites (tertiary alicyclic amines) is 1. The van der Waals surface area contributed by atoms with Crippen LogP contribution in [-0.4, -0.2) is 30.1 Å². The van der Waals surface area contributed by atoms with E-state index in [4.69, 9.17) is 0 Å². The van der Waals surface area contributed by atoms with Crippen molar-refractivity contribution in [3.8, 4) is 0 Å². The van der Waals surface area contributed by atoms with Gasteiger partial charge in [-0.25, -0.2) is 4.39 Å². The van der Waals surface area contributed by atoms with Gasteiger partial charge in [0.25, 0.3) is 0 Å². The van der Waals surface area contributed by atoms with Crippen LogP contribution in [0.15, 0.2) is 18.2 Å². The first-order valence-electron chi connectivity index (χ1n) is 6.19. The van der Waals surface area contributed by atoms with Gasteiger partial charge in [-0.1, -0.05) is 6.07 Å². The van der Waals surface area contributed by atoms with Crippen molar-refractivity contribution < 1.29 is 9.50 Å². The summed E-state index contributed by atoms with van der Waals surface area (Å²) < 4.78 is 13.3. The minimum atomic E-state index is -0.864. The molecule has 0 saturated carbocycles. The maximum Gasteiger partial charge on any atom is 0.123 e. The van der Waals surface area contributed by atoms with Crippen LogP contribution < -0.4 is 0 Å². The molecule has 1 heterocycles. The van der Waals surface area contributed by atoms with Gasteiger partial charge in [0.15, 0.2) is 0 Å². The zero-order chi connectivity index (χ0) is 12.5. The zero-order valence-corrected chi connectivity index (χ0v) is 10.5. The molecule has 3 heteroatoms. The Morgan fingerprint density at radius 3 is 2.82 bits per heavy atom. The lowest BCUT2D eigenvalue weighted by molar-refractivity contribution is 0.0209. The van der Waals surface area contributed by atoms with Crippen LogP contribution in [0.1, 0.15) is 30.4 Å². The van der Waals surface area contributed by atoms with Gasteiger partial charge in [0.2, 0.25) is 0 Å². The van der Waals surface area contributed by atoms with Gasteiger partial charge >= 0.3 is 0 Å². The number of hydrogen-bond acceptors (Lipinski definition) is 2. The number of aliphatic hydroxyl groups is 1. The van der Waals surface area contributed by atoms with E-state index in [1.54, 1.807) is 6.07 Å². The standard InChI is InChI=1S/C14H20FNO/c1-11-4-5-12(15)10-13(11)14(17)6-3-8-16(2)9-7-14/h4-5,10,17H,3,6-9H2,1-2H3. The Morgan fingerprint density at radius 2 is 2.06 bits per heavy atom. The Kier molecular flexibility index (Phi) is 3.50. The predicted molar refractivity (Wildman–Crippen MR) is 66.4 cm³/mol. The molecular formula is C14H20FNO. The lowest BCUT2D eigenvalue weighted by Gasteiger charge is -2.29. The highest BCUT2D eigenvalue weighted by molar-refractivity contribution is 5.32.